The van der Waals surface area contributed by atoms with Gasteiger partial charge in [-0.25, -0.2) is 4.98 Å². The number of carbonyl (C=O) groups excluding carboxylic acids is 1. The smallest absolute Gasteiger partial charge is 0.236 e. The number of allylic oxidation sites excluding steroid dienone is 1. The Kier molecular flexibility index (Phi) is 6.83. The maximum absolute atomic E-state index is 12.1. The molecule has 0 radical (unpaired) electrons. The number of benzene rings is 1. The fourth-order valence-electron chi connectivity index (χ4n) is 2.51. The van der Waals surface area contributed by atoms with Crippen LogP contribution in [0, 0.1) is 6.92 Å². The molecule has 28 heavy (non-hydrogen) atoms. The van der Waals surface area contributed by atoms with Crippen LogP contribution in [0.2, 0.25) is 0 Å². The number of para-hydroxylation sites is 1. The average Bonchev–Trinajstić information content (AvgIpc) is 3.32. The van der Waals surface area contributed by atoms with Crippen LogP contribution in [0.1, 0.15) is 24.4 Å². The summed E-state index contributed by atoms with van der Waals surface area (Å²) >= 11 is 2.69. The van der Waals surface area contributed by atoms with E-state index in [-0.39, 0.29) is 17.8 Å². The molecule has 1 amide bonds. The summed E-state index contributed by atoms with van der Waals surface area (Å²) in [5.74, 6) is 1.56. The topological polar surface area (TPSA) is 81.9 Å². The fraction of sp³-hybridized carbons (Fsp3) is 0.263. The highest BCUT2D eigenvalue weighted by atomic mass is 32.2. The molecule has 0 aliphatic heterocycles. The predicted octanol–water partition coefficient (Wildman–Crippen LogP) is 4.10. The Morgan fingerprint density at radius 1 is 1.43 bits per heavy atom. The van der Waals surface area contributed by atoms with E-state index >= 15 is 0 Å². The van der Waals surface area contributed by atoms with Crippen LogP contribution in [0.5, 0.6) is 5.75 Å². The number of ether oxygens (including phenoxy) is 1. The summed E-state index contributed by atoms with van der Waals surface area (Å²) in [6.45, 7) is 8.26. The number of amides is 1. The van der Waals surface area contributed by atoms with Crippen LogP contribution in [0.3, 0.4) is 0 Å². The van der Waals surface area contributed by atoms with Crippen molar-refractivity contribution in [3.8, 4) is 5.75 Å². The molecule has 3 rings (SSSR count). The van der Waals surface area contributed by atoms with Crippen LogP contribution >= 0.6 is 23.1 Å². The molecule has 0 saturated carbocycles. The minimum atomic E-state index is -0.299. The van der Waals surface area contributed by atoms with Crippen molar-refractivity contribution < 1.29 is 9.53 Å². The van der Waals surface area contributed by atoms with Crippen LogP contribution in [0.25, 0.3) is 0 Å². The zero-order valence-corrected chi connectivity index (χ0v) is 17.3. The third-order valence-corrected chi connectivity index (χ3v) is 5.48. The molecule has 1 unspecified atom stereocenters. The van der Waals surface area contributed by atoms with E-state index in [0.29, 0.717) is 22.7 Å². The fourth-order valence-corrected chi connectivity index (χ4v) is 3.81. The van der Waals surface area contributed by atoms with Gasteiger partial charge < -0.3 is 10.1 Å². The lowest BCUT2D eigenvalue weighted by Crippen LogP contribution is -2.15. The van der Waals surface area contributed by atoms with Gasteiger partial charge in [0, 0.05) is 18.1 Å². The normalized spacial score (nSPS) is 11.8. The molecule has 0 aliphatic rings. The summed E-state index contributed by atoms with van der Waals surface area (Å²) in [4.78, 5) is 16.2. The second-order valence-corrected chi connectivity index (χ2v) is 7.78. The van der Waals surface area contributed by atoms with E-state index in [0.717, 1.165) is 11.3 Å². The van der Waals surface area contributed by atoms with Gasteiger partial charge in [0.1, 0.15) is 5.75 Å². The molecular weight excluding hydrogens is 394 g/mol. The molecule has 0 saturated heterocycles. The number of thiazole rings is 1. The molecule has 0 bridgehead atoms. The van der Waals surface area contributed by atoms with Gasteiger partial charge >= 0.3 is 0 Å². The van der Waals surface area contributed by atoms with Crippen LogP contribution in [0.4, 0.5) is 5.13 Å². The Morgan fingerprint density at radius 2 is 2.25 bits per heavy atom. The van der Waals surface area contributed by atoms with Crippen molar-refractivity contribution in [3.63, 3.8) is 0 Å². The largest absolute Gasteiger partial charge is 0.482 e. The third-order valence-electron chi connectivity index (χ3n) is 3.83. The molecule has 146 valence electrons. The Labute approximate surface area is 171 Å². The first-order chi connectivity index (χ1) is 13.6. The Bertz CT molecular complexity index is 940. The van der Waals surface area contributed by atoms with Crippen molar-refractivity contribution in [2.24, 2.45) is 0 Å². The van der Waals surface area contributed by atoms with Gasteiger partial charge in [-0.1, -0.05) is 36.0 Å². The molecule has 1 N–H and O–H groups in total. The molecule has 3 aromatic rings. The molecule has 2 aromatic heterocycles. The molecular formula is C19H21N5O2S2. The monoisotopic (exact) mass is 415 g/mol. The molecule has 1 atom stereocenters. The Hall–Kier alpha value is -2.65. The van der Waals surface area contributed by atoms with Gasteiger partial charge in [0.15, 0.2) is 22.2 Å². The third kappa shape index (κ3) is 4.99. The van der Waals surface area contributed by atoms with E-state index in [9.17, 15) is 4.79 Å². The van der Waals surface area contributed by atoms with Gasteiger partial charge in [0.05, 0.1) is 5.75 Å². The van der Waals surface area contributed by atoms with Gasteiger partial charge in [-0.2, -0.15) is 0 Å². The van der Waals surface area contributed by atoms with Crippen molar-refractivity contribution >= 4 is 34.1 Å². The van der Waals surface area contributed by atoms with Crippen LogP contribution in [0.15, 0.2) is 53.7 Å². The van der Waals surface area contributed by atoms with E-state index in [1.165, 1.54) is 23.1 Å². The number of anilines is 1. The second kappa shape index (κ2) is 9.52. The molecule has 9 heteroatoms. The Balaban J connectivity index is 1.69. The predicted molar refractivity (Wildman–Crippen MR) is 112 cm³/mol. The van der Waals surface area contributed by atoms with E-state index < -0.39 is 0 Å². The minimum Gasteiger partial charge on any atom is -0.482 e. The van der Waals surface area contributed by atoms with E-state index in [1.54, 1.807) is 12.3 Å². The van der Waals surface area contributed by atoms with Gasteiger partial charge in [0.2, 0.25) is 5.91 Å². The highest BCUT2D eigenvalue weighted by Crippen LogP contribution is 2.26. The zero-order chi connectivity index (χ0) is 19.9. The van der Waals surface area contributed by atoms with Crippen LogP contribution in [-0.2, 0) is 11.3 Å². The lowest BCUT2D eigenvalue weighted by molar-refractivity contribution is -0.113. The van der Waals surface area contributed by atoms with E-state index in [1.807, 2.05) is 48.1 Å². The number of nitrogens with one attached hydrogen (secondary N) is 1. The van der Waals surface area contributed by atoms with E-state index in [4.69, 9.17) is 4.74 Å². The van der Waals surface area contributed by atoms with Crippen molar-refractivity contribution in [1.82, 2.24) is 19.7 Å². The quantitative estimate of drug-likeness (QED) is 0.419. The van der Waals surface area contributed by atoms with Crippen molar-refractivity contribution in [2.45, 2.75) is 31.7 Å². The summed E-state index contributed by atoms with van der Waals surface area (Å²) in [6, 6.07) is 7.84. The zero-order valence-electron chi connectivity index (χ0n) is 15.7. The number of aromatic nitrogens is 4. The minimum absolute atomic E-state index is 0.140. The molecule has 2 heterocycles. The maximum atomic E-state index is 12.1. The number of carbonyl (C=O) groups is 1. The van der Waals surface area contributed by atoms with Crippen LogP contribution in [-0.4, -0.2) is 31.4 Å². The van der Waals surface area contributed by atoms with Gasteiger partial charge in [-0.3, -0.25) is 9.36 Å². The standard InChI is InChI=1S/C19H21N5O2S2/c1-4-10-24-17(14(3)26-15-8-6-5-7-13(15)2)22-23-19(24)28-12-16(25)21-18-20-9-11-27-18/h4-9,11,14H,1,10,12H2,2-3H3,(H,20,21,25). The summed E-state index contributed by atoms with van der Waals surface area (Å²) in [6.07, 6.45) is 3.12. The molecule has 0 fully saturated rings. The number of aryl methyl sites for hydroxylation is 1. The first-order valence-corrected chi connectivity index (χ1v) is 10.5. The first-order valence-electron chi connectivity index (χ1n) is 8.67. The van der Waals surface area contributed by atoms with Crippen molar-refractivity contribution in [3.05, 3.63) is 59.9 Å². The number of thioether (sulfide) groups is 1. The van der Waals surface area contributed by atoms with Crippen LogP contribution < -0.4 is 10.1 Å². The highest BCUT2D eigenvalue weighted by Gasteiger charge is 2.20. The Morgan fingerprint density at radius 3 is 2.96 bits per heavy atom. The molecule has 0 spiro atoms. The molecule has 7 nitrogen and oxygen atoms in total. The van der Waals surface area contributed by atoms with E-state index in [2.05, 4.69) is 27.1 Å². The number of hydrogen-bond donors (Lipinski definition) is 1. The highest BCUT2D eigenvalue weighted by molar-refractivity contribution is 7.99. The number of nitrogens with zero attached hydrogens (tertiary/aromatic N) is 4. The summed E-state index contributed by atoms with van der Waals surface area (Å²) in [5.41, 5.74) is 1.05. The lowest BCUT2D eigenvalue weighted by atomic mass is 10.2. The maximum Gasteiger partial charge on any atom is 0.236 e. The SMILES string of the molecule is C=CCn1c(SCC(=O)Nc2nccs2)nnc1C(C)Oc1ccccc1C. The molecule has 0 aliphatic carbocycles. The second-order valence-electron chi connectivity index (χ2n) is 5.94. The first kappa shape index (κ1) is 20.1. The summed E-state index contributed by atoms with van der Waals surface area (Å²) in [7, 11) is 0. The lowest BCUT2D eigenvalue weighted by Gasteiger charge is -2.17. The van der Waals surface area contributed by atoms with Crippen molar-refractivity contribution in [1.29, 1.82) is 0 Å². The average molecular weight is 416 g/mol. The van der Waals surface area contributed by atoms with Crippen molar-refractivity contribution in [2.75, 3.05) is 11.1 Å². The number of hydrogen-bond acceptors (Lipinski definition) is 7. The number of rotatable bonds is 9. The summed E-state index contributed by atoms with van der Waals surface area (Å²) < 4.78 is 7.99. The molecule has 1 aromatic carbocycles. The summed E-state index contributed by atoms with van der Waals surface area (Å²) in [5, 5.41) is 14.3. The van der Waals surface area contributed by atoms with Gasteiger partial charge in [0.25, 0.3) is 0 Å². The van der Waals surface area contributed by atoms with Gasteiger partial charge in [-0.15, -0.1) is 28.1 Å². The van der Waals surface area contributed by atoms with Gasteiger partial charge in [-0.05, 0) is 25.5 Å².